The van der Waals surface area contributed by atoms with E-state index in [0.717, 1.165) is 5.69 Å². The quantitative estimate of drug-likeness (QED) is 0.817. The van der Waals surface area contributed by atoms with Gasteiger partial charge in [0.05, 0.1) is 4.90 Å². The van der Waals surface area contributed by atoms with Crippen LogP contribution in [0, 0.1) is 0 Å². The molecule has 0 aliphatic heterocycles. The standard InChI is InChI=1S/C11H17NO3S/c1-9(7-8-13)12-10-3-5-11(6-4-10)16(2,14)15/h3-6,9,12-13H,7-8H2,1-2H3. The van der Waals surface area contributed by atoms with Crippen LogP contribution >= 0.6 is 0 Å². The van der Waals surface area contributed by atoms with Crippen LogP contribution in [0.3, 0.4) is 0 Å². The van der Waals surface area contributed by atoms with Gasteiger partial charge in [-0.3, -0.25) is 0 Å². The maximum Gasteiger partial charge on any atom is 0.175 e. The van der Waals surface area contributed by atoms with Crippen molar-refractivity contribution in [1.29, 1.82) is 0 Å². The van der Waals surface area contributed by atoms with Gasteiger partial charge in [0.2, 0.25) is 0 Å². The van der Waals surface area contributed by atoms with Gasteiger partial charge in [0, 0.05) is 24.6 Å². The first-order valence-corrected chi connectivity index (χ1v) is 7.00. The van der Waals surface area contributed by atoms with Crippen LogP contribution in [0.1, 0.15) is 13.3 Å². The molecule has 1 rings (SSSR count). The van der Waals surface area contributed by atoms with Crippen molar-refractivity contribution in [3.05, 3.63) is 24.3 Å². The highest BCUT2D eigenvalue weighted by Gasteiger charge is 2.06. The molecule has 0 radical (unpaired) electrons. The third-order valence-electron chi connectivity index (χ3n) is 2.26. The summed E-state index contributed by atoms with van der Waals surface area (Å²) in [4.78, 5) is 0.313. The summed E-state index contributed by atoms with van der Waals surface area (Å²) in [6, 6.07) is 6.76. The van der Waals surface area contributed by atoms with Crippen molar-refractivity contribution < 1.29 is 13.5 Å². The molecule has 1 unspecified atom stereocenters. The van der Waals surface area contributed by atoms with Crippen molar-refractivity contribution in [3.8, 4) is 0 Å². The Morgan fingerprint density at radius 2 is 1.88 bits per heavy atom. The minimum atomic E-state index is -3.13. The number of anilines is 1. The highest BCUT2D eigenvalue weighted by atomic mass is 32.2. The third-order valence-corrected chi connectivity index (χ3v) is 3.39. The Labute approximate surface area is 96.2 Å². The van der Waals surface area contributed by atoms with E-state index in [1.165, 1.54) is 6.26 Å². The van der Waals surface area contributed by atoms with E-state index in [4.69, 9.17) is 5.11 Å². The minimum Gasteiger partial charge on any atom is -0.396 e. The smallest absolute Gasteiger partial charge is 0.175 e. The van der Waals surface area contributed by atoms with E-state index < -0.39 is 9.84 Å². The van der Waals surface area contributed by atoms with Gasteiger partial charge in [0.25, 0.3) is 0 Å². The first kappa shape index (κ1) is 13.0. The molecule has 4 nitrogen and oxygen atoms in total. The van der Waals surface area contributed by atoms with E-state index in [2.05, 4.69) is 5.32 Å². The van der Waals surface area contributed by atoms with Crippen molar-refractivity contribution in [3.63, 3.8) is 0 Å². The van der Waals surface area contributed by atoms with Crippen molar-refractivity contribution >= 4 is 15.5 Å². The molecule has 90 valence electrons. The average molecular weight is 243 g/mol. The van der Waals surface area contributed by atoms with Crippen LogP contribution in [0.4, 0.5) is 5.69 Å². The van der Waals surface area contributed by atoms with Crippen LogP contribution in [-0.2, 0) is 9.84 Å². The highest BCUT2D eigenvalue weighted by Crippen LogP contribution is 2.15. The summed E-state index contributed by atoms with van der Waals surface area (Å²) in [6.45, 7) is 2.09. The number of aliphatic hydroxyl groups is 1. The molecule has 0 fully saturated rings. The zero-order valence-corrected chi connectivity index (χ0v) is 10.3. The van der Waals surface area contributed by atoms with Gasteiger partial charge in [-0.25, -0.2) is 8.42 Å². The van der Waals surface area contributed by atoms with Crippen LogP contribution in [0.15, 0.2) is 29.2 Å². The third kappa shape index (κ3) is 3.83. The van der Waals surface area contributed by atoms with Gasteiger partial charge < -0.3 is 10.4 Å². The Bertz CT molecular complexity index is 425. The molecule has 1 aromatic rings. The van der Waals surface area contributed by atoms with Gasteiger partial charge in [0.15, 0.2) is 9.84 Å². The lowest BCUT2D eigenvalue weighted by molar-refractivity contribution is 0.282. The zero-order chi connectivity index (χ0) is 12.2. The summed E-state index contributed by atoms with van der Waals surface area (Å²) < 4.78 is 22.4. The largest absolute Gasteiger partial charge is 0.396 e. The molecule has 5 heteroatoms. The normalized spacial score (nSPS) is 13.4. The molecule has 16 heavy (non-hydrogen) atoms. The number of aliphatic hydroxyl groups excluding tert-OH is 1. The minimum absolute atomic E-state index is 0.135. The summed E-state index contributed by atoms with van der Waals surface area (Å²) in [6.07, 6.45) is 1.84. The van der Waals surface area contributed by atoms with Gasteiger partial charge in [-0.1, -0.05) is 0 Å². The predicted octanol–water partition coefficient (Wildman–Crippen LogP) is 1.27. The van der Waals surface area contributed by atoms with Crippen LogP contribution in [0.2, 0.25) is 0 Å². The summed E-state index contributed by atoms with van der Waals surface area (Å²) in [5.74, 6) is 0. The average Bonchev–Trinajstić information content (AvgIpc) is 2.17. The Kier molecular flexibility index (Phi) is 4.32. The first-order valence-electron chi connectivity index (χ1n) is 5.11. The number of benzene rings is 1. The molecule has 0 heterocycles. The molecule has 0 bridgehead atoms. The lowest BCUT2D eigenvalue weighted by atomic mass is 10.2. The summed E-state index contributed by atoms with van der Waals surface area (Å²) in [7, 11) is -3.13. The van der Waals surface area contributed by atoms with E-state index in [9.17, 15) is 8.42 Å². The van der Waals surface area contributed by atoms with Gasteiger partial charge in [-0.15, -0.1) is 0 Å². The Morgan fingerprint density at radius 3 is 2.31 bits per heavy atom. The molecule has 0 saturated carbocycles. The van der Waals surface area contributed by atoms with Crippen LogP contribution in [0.25, 0.3) is 0 Å². The Morgan fingerprint density at radius 1 is 1.31 bits per heavy atom. The molecule has 0 saturated heterocycles. The number of sulfone groups is 1. The molecule has 1 atom stereocenters. The van der Waals surface area contributed by atoms with Gasteiger partial charge in [0.1, 0.15) is 0 Å². The number of nitrogens with one attached hydrogen (secondary N) is 1. The molecule has 2 N–H and O–H groups in total. The van der Waals surface area contributed by atoms with Gasteiger partial charge in [-0.05, 0) is 37.6 Å². The van der Waals surface area contributed by atoms with E-state index in [-0.39, 0.29) is 12.6 Å². The molecule has 0 aliphatic carbocycles. The Hall–Kier alpha value is -1.07. The second kappa shape index (κ2) is 5.32. The molecule has 0 amide bonds. The van der Waals surface area contributed by atoms with Crippen molar-refractivity contribution in [2.24, 2.45) is 0 Å². The zero-order valence-electron chi connectivity index (χ0n) is 9.47. The summed E-state index contributed by atoms with van der Waals surface area (Å²) >= 11 is 0. The van der Waals surface area contributed by atoms with Crippen LogP contribution in [0.5, 0.6) is 0 Å². The number of hydrogen-bond acceptors (Lipinski definition) is 4. The molecular formula is C11H17NO3S. The maximum atomic E-state index is 11.2. The Balaban J connectivity index is 2.72. The fourth-order valence-electron chi connectivity index (χ4n) is 1.35. The molecule has 0 aliphatic rings. The SMILES string of the molecule is CC(CCO)Nc1ccc(S(C)(=O)=O)cc1. The van der Waals surface area contributed by atoms with E-state index in [0.29, 0.717) is 11.3 Å². The van der Waals surface area contributed by atoms with Crippen molar-refractivity contribution in [2.45, 2.75) is 24.3 Å². The maximum absolute atomic E-state index is 11.2. The molecule has 1 aromatic carbocycles. The van der Waals surface area contributed by atoms with E-state index >= 15 is 0 Å². The first-order chi connectivity index (χ1) is 7.43. The summed E-state index contributed by atoms with van der Waals surface area (Å²) in [5.41, 5.74) is 0.855. The lowest BCUT2D eigenvalue weighted by Gasteiger charge is -2.13. The highest BCUT2D eigenvalue weighted by molar-refractivity contribution is 7.90. The predicted molar refractivity (Wildman–Crippen MR) is 64.3 cm³/mol. The fourth-order valence-corrected chi connectivity index (χ4v) is 1.98. The molecule has 0 spiro atoms. The number of hydrogen-bond donors (Lipinski definition) is 2. The van der Waals surface area contributed by atoms with Crippen molar-refractivity contribution in [1.82, 2.24) is 0 Å². The second-order valence-corrected chi connectivity index (χ2v) is 5.87. The van der Waals surface area contributed by atoms with E-state index in [1.54, 1.807) is 24.3 Å². The van der Waals surface area contributed by atoms with Crippen LogP contribution in [-0.4, -0.2) is 32.4 Å². The fraction of sp³-hybridized carbons (Fsp3) is 0.455. The molecular weight excluding hydrogens is 226 g/mol. The summed E-state index contributed by atoms with van der Waals surface area (Å²) in [5, 5.41) is 11.9. The van der Waals surface area contributed by atoms with Gasteiger partial charge in [-0.2, -0.15) is 0 Å². The van der Waals surface area contributed by atoms with Crippen molar-refractivity contribution in [2.75, 3.05) is 18.2 Å². The topological polar surface area (TPSA) is 66.4 Å². The number of rotatable bonds is 5. The van der Waals surface area contributed by atoms with Crippen LogP contribution < -0.4 is 5.32 Å². The van der Waals surface area contributed by atoms with Gasteiger partial charge >= 0.3 is 0 Å². The monoisotopic (exact) mass is 243 g/mol. The second-order valence-electron chi connectivity index (χ2n) is 3.85. The van der Waals surface area contributed by atoms with E-state index in [1.807, 2.05) is 6.92 Å². The molecule has 0 aromatic heterocycles. The lowest BCUT2D eigenvalue weighted by Crippen LogP contribution is -2.16.